The fourth-order valence-electron chi connectivity index (χ4n) is 1.96. The van der Waals surface area contributed by atoms with Crippen LogP contribution in [0.5, 0.6) is 0 Å². The molecule has 0 aliphatic carbocycles. The highest BCUT2D eigenvalue weighted by atomic mass is 16.5. The summed E-state index contributed by atoms with van der Waals surface area (Å²) in [5.41, 5.74) is 0. The highest BCUT2D eigenvalue weighted by Crippen LogP contribution is 2.11. The molecule has 1 aliphatic rings. The van der Waals surface area contributed by atoms with Gasteiger partial charge in [-0.3, -0.25) is 9.69 Å². The first kappa shape index (κ1) is 14.4. The summed E-state index contributed by atoms with van der Waals surface area (Å²) in [6.45, 7) is 7.02. The Morgan fingerprint density at radius 1 is 1.53 bits per heavy atom. The Morgan fingerprint density at radius 2 is 2.24 bits per heavy atom. The molecule has 3 nitrogen and oxygen atoms in total. The molecule has 3 heteroatoms. The third-order valence-electron chi connectivity index (χ3n) is 3.38. The van der Waals surface area contributed by atoms with E-state index >= 15 is 0 Å². The van der Waals surface area contributed by atoms with Crippen molar-refractivity contribution in [3.05, 3.63) is 12.2 Å². The second-order valence-corrected chi connectivity index (χ2v) is 4.92. The highest BCUT2D eigenvalue weighted by molar-refractivity contribution is 5.91. The molecule has 0 aromatic carbocycles. The number of rotatable bonds is 8. The molecule has 0 aromatic rings. The number of allylic oxidation sites excluding steroid dienone is 1. The van der Waals surface area contributed by atoms with Gasteiger partial charge in [0.2, 0.25) is 0 Å². The molecular weight excluding hydrogens is 214 g/mol. The summed E-state index contributed by atoms with van der Waals surface area (Å²) in [6, 6.07) is 0. The van der Waals surface area contributed by atoms with Gasteiger partial charge in [0.25, 0.3) is 0 Å². The molecule has 0 amide bonds. The summed E-state index contributed by atoms with van der Waals surface area (Å²) in [4.78, 5) is 14.0. The SMILES string of the molecule is CCCCC(C)C(=O)/C=C/CN1CC(OC)C1. The van der Waals surface area contributed by atoms with Crippen LogP contribution in [-0.4, -0.2) is 43.5 Å². The van der Waals surface area contributed by atoms with Crippen LogP contribution in [0.1, 0.15) is 33.1 Å². The largest absolute Gasteiger partial charge is 0.379 e. The zero-order chi connectivity index (χ0) is 12.7. The van der Waals surface area contributed by atoms with Gasteiger partial charge < -0.3 is 4.74 Å². The van der Waals surface area contributed by atoms with E-state index in [1.54, 1.807) is 13.2 Å². The Labute approximate surface area is 105 Å². The fraction of sp³-hybridized carbons (Fsp3) is 0.786. The van der Waals surface area contributed by atoms with Gasteiger partial charge in [0.05, 0.1) is 6.10 Å². The minimum absolute atomic E-state index is 0.175. The first-order valence-electron chi connectivity index (χ1n) is 6.62. The Morgan fingerprint density at radius 3 is 2.82 bits per heavy atom. The van der Waals surface area contributed by atoms with Crippen LogP contribution in [0.4, 0.5) is 0 Å². The lowest BCUT2D eigenvalue weighted by atomic mass is 9.99. The van der Waals surface area contributed by atoms with E-state index in [1.807, 2.05) is 13.0 Å². The summed E-state index contributed by atoms with van der Waals surface area (Å²) < 4.78 is 5.19. The lowest BCUT2D eigenvalue weighted by molar-refractivity contribution is -0.117. The average Bonchev–Trinajstić information content (AvgIpc) is 2.28. The molecule has 0 spiro atoms. The van der Waals surface area contributed by atoms with Crippen LogP contribution in [0, 0.1) is 5.92 Å². The lowest BCUT2D eigenvalue weighted by Crippen LogP contribution is -2.51. The average molecular weight is 239 g/mol. The maximum atomic E-state index is 11.7. The standard InChI is InChI=1S/C14H25NO2/c1-4-5-7-12(2)14(16)8-6-9-15-10-13(11-15)17-3/h6,8,12-13H,4-5,7,9-11H2,1-3H3/b8-6+. The maximum absolute atomic E-state index is 11.7. The van der Waals surface area contributed by atoms with Gasteiger partial charge in [-0.1, -0.05) is 32.8 Å². The zero-order valence-electron chi connectivity index (χ0n) is 11.3. The third kappa shape index (κ3) is 5.00. The Bertz CT molecular complexity index is 257. The quantitative estimate of drug-likeness (QED) is 0.609. The summed E-state index contributed by atoms with van der Waals surface area (Å²) in [5, 5.41) is 0. The molecule has 1 unspecified atom stereocenters. The van der Waals surface area contributed by atoms with Crippen LogP contribution >= 0.6 is 0 Å². The van der Waals surface area contributed by atoms with E-state index in [9.17, 15) is 4.79 Å². The molecule has 98 valence electrons. The Balaban J connectivity index is 2.13. The van der Waals surface area contributed by atoms with Gasteiger partial charge in [0.15, 0.2) is 5.78 Å². The van der Waals surface area contributed by atoms with E-state index in [0.717, 1.165) is 38.9 Å². The predicted octanol–water partition coefficient (Wildman–Crippen LogP) is 2.27. The molecule has 0 saturated carbocycles. The second-order valence-electron chi connectivity index (χ2n) is 4.92. The van der Waals surface area contributed by atoms with Crippen LogP contribution in [0.25, 0.3) is 0 Å². The van der Waals surface area contributed by atoms with Crippen molar-refractivity contribution < 1.29 is 9.53 Å². The molecule has 1 saturated heterocycles. The Hall–Kier alpha value is -0.670. The minimum Gasteiger partial charge on any atom is -0.379 e. The van der Waals surface area contributed by atoms with Crippen molar-refractivity contribution >= 4 is 5.78 Å². The van der Waals surface area contributed by atoms with Crippen molar-refractivity contribution in [2.75, 3.05) is 26.7 Å². The number of methoxy groups -OCH3 is 1. The maximum Gasteiger partial charge on any atom is 0.158 e. The number of ketones is 1. The second kappa shape index (κ2) is 7.62. The summed E-state index contributed by atoms with van der Waals surface area (Å²) in [6.07, 6.45) is 7.44. The van der Waals surface area contributed by atoms with Gasteiger partial charge in [-0.25, -0.2) is 0 Å². The number of likely N-dealkylation sites (tertiary alicyclic amines) is 1. The molecule has 17 heavy (non-hydrogen) atoms. The highest BCUT2D eigenvalue weighted by Gasteiger charge is 2.24. The van der Waals surface area contributed by atoms with Gasteiger partial charge in [0, 0.05) is 32.7 Å². The van der Waals surface area contributed by atoms with Crippen LogP contribution in [0.3, 0.4) is 0 Å². The number of hydrogen-bond acceptors (Lipinski definition) is 3. The number of unbranched alkanes of at least 4 members (excludes halogenated alkanes) is 1. The predicted molar refractivity (Wildman–Crippen MR) is 70.1 cm³/mol. The van der Waals surface area contributed by atoms with Crippen molar-refractivity contribution in [1.82, 2.24) is 4.90 Å². The number of hydrogen-bond donors (Lipinski definition) is 0. The van der Waals surface area contributed by atoms with Crippen molar-refractivity contribution in [2.45, 2.75) is 39.2 Å². The molecule has 1 aliphatic heterocycles. The van der Waals surface area contributed by atoms with Gasteiger partial charge in [-0.05, 0) is 12.5 Å². The van der Waals surface area contributed by atoms with E-state index in [1.165, 1.54) is 0 Å². The smallest absolute Gasteiger partial charge is 0.158 e. The molecule has 0 radical (unpaired) electrons. The number of carbonyl (C=O) groups excluding carboxylic acids is 1. The number of ether oxygens (including phenoxy) is 1. The van der Waals surface area contributed by atoms with E-state index in [4.69, 9.17) is 4.74 Å². The number of carbonyl (C=O) groups is 1. The van der Waals surface area contributed by atoms with Crippen molar-refractivity contribution in [2.24, 2.45) is 5.92 Å². The van der Waals surface area contributed by atoms with Crippen LogP contribution in [0.15, 0.2) is 12.2 Å². The molecule has 1 fully saturated rings. The molecule has 0 aromatic heterocycles. The Kier molecular flexibility index (Phi) is 6.45. The van der Waals surface area contributed by atoms with E-state index in [-0.39, 0.29) is 11.7 Å². The molecule has 1 rings (SSSR count). The lowest BCUT2D eigenvalue weighted by Gasteiger charge is -2.37. The van der Waals surface area contributed by atoms with Gasteiger partial charge in [-0.15, -0.1) is 0 Å². The molecule has 0 bridgehead atoms. The summed E-state index contributed by atoms with van der Waals surface area (Å²) in [5.74, 6) is 0.441. The monoisotopic (exact) mass is 239 g/mol. The molecule has 1 atom stereocenters. The van der Waals surface area contributed by atoms with Crippen molar-refractivity contribution in [1.29, 1.82) is 0 Å². The first-order valence-corrected chi connectivity index (χ1v) is 6.62. The van der Waals surface area contributed by atoms with Crippen LogP contribution in [0.2, 0.25) is 0 Å². The van der Waals surface area contributed by atoms with Crippen LogP contribution in [-0.2, 0) is 9.53 Å². The zero-order valence-corrected chi connectivity index (χ0v) is 11.3. The van der Waals surface area contributed by atoms with Gasteiger partial charge >= 0.3 is 0 Å². The van der Waals surface area contributed by atoms with Crippen molar-refractivity contribution in [3.63, 3.8) is 0 Å². The molecule has 1 heterocycles. The first-order chi connectivity index (χ1) is 8.17. The normalized spacial score (nSPS) is 19.5. The van der Waals surface area contributed by atoms with Gasteiger partial charge in [0.1, 0.15) is 0 Å². The number of nitrogens with zero attached hydrogens (tertiary/aromatic N) is 1. The minimum atomic E-state index is 0.175. The summed E-state index contributed by atoms with van der Waals surface area (Å²) in [7, 11) is 1.75. The van der Waals surface area contributed by atoms with E-state index in [0.29, 0.717) is 6.10 Å². The molecule has 0 N–H and O–H groups in total. The van der Waals surface area contributed by atoms with Crippen LogP contribution < -0.4 is 0 Å². The summed E-state index contributed by atoms with van der Waals surface area (Å²) >= 11 is 0. The van der Waals surface area contributed by atoms with Crippen molar-refractivity contribution in [3.8, 4) is 0 Å². The molecular formula is C14H25NO2. The van der Waals surface area contributed by atoms with E-state index in [2.05, 4.69) is 11.8 Å². The van der Waals surface area contributed by atoms with E-state index < -0.39 is 0 Å². The fourth-order valence-corrected chi connectivity index (χ4v) is 1.96. The van der Waals surface area contributed by atoms with Gasteiger partial charge in [-0.2, -0.15) is 0 Å². The third-order valence-corrected chi connectivity index (χ3v) is 3.38. The topological polar surface area (TPSA) is 29.5 Å².